The Labute approximate surface area is 276 Å². The van der Waals surface area contributed by atoms with Gasteiger partial charge in [0.05, 0.1) is 28.2 Å². The lowest BCUT2D eigenvalue weighted by Gasteiger charge is -2.36. The van der Waals surface area contributed by atoms with Crippen LogP contribution in [0.15, 0.2) is 41.7 Å². The topological polar surface area (TPSA) is 184 Å². The molecule has 2 aliphatic rings. The first-order chi connectivity index (χ1) is 22.1. The van der Waals surface area contributed by atoms with E-state index >= 15 is 0 Å². The molecular formula is C33H52N6O6S. The number of aliphatic hydroxyl groups is 1. The van der Waals surface area contributed by atoms with Gasteiger partial charge in [-0.05, 0) is 69.4 Å². The molecule has 2 amide bonds. The molecular weight excluding hydrogens is 608 g/mol. The van der Waals surface area contributed by atoms with E-state index in [0.717, 1.165) is 30.5 Å². The molecule has 46 heavy (non-hydrogen) atoms. The molecule has 2 fully saturated rings. The summed E-state index contributed by atoms with van der Waals surface area (Å²) in [5.41, 5.74) is 11.7. The number of nitrogens with zero attached hydrogens (tertiary/aromatic N) is 3. The summed E-state index contributed by atoms with van der Waals surface area (Å²) in [6, 6.07) is 7.71. The summed E-state index contributed by atoms with van der Waals surface area (Å²) >= 11 is 1.64. The fourth-order valence-electron chi connectivity index (χ4n) is 5.38. The van der Waals surface area contributed by atoms with E-state index in [0.29, 0.717) is 57.7 Å². The third-order valence-electron chi connectivity index (χ3n) is 7.92. The monoisotopic (exact) mass is 660 g/mol. The van der Waals surface area contributed by atoms with Crippen molar-refractivity contribution in [2.24, 2.45) is 17.5 Å². The molecule has 4 rings (SSSR count). The number of β-amino-alcohol motifs (C(OH)–C–C–N with tert-alkyl or cyclic N) is 1. The van der Waals surface area contributed by atoms with Crippen molar-refractivity contribution in [2.45, 2.75) is 90.8 Å². The van der Waals surface area contributed by atoms with Crippen LogP contribution in [0.3, 0.4) is 0 Å². The van der Waals surface area contributed by atoms with Crippen LogP contribution in [-0.4, -0.2) is 81.8 Å². The van der Waals surface area contributed by atoms with Crippen molar-refractivity contribution < 1.29 is 29.3 Å². The van der Waals surface area contributed by atoms with Gasteiger partial charge in [0.1, 0.15) is 6.04 Å². The zero-order chi connectivity index (χ0) is 34.1. The number of aromatic nitrogens is 1. The van der Waals surface area contributed by atoms with E-state index in [4.69, 9.17) is 21.4 Å². The molecule has 3 atom stereocenters. The summed E-state index contributed by atoms with van der Waals surface area (Å²) in [4.78, 5) is 41.1. The van der Waals surface area contributed by atoms with Gasteiger partial charge in [-0.3, -0.25) is 14.4 Å². The molecule has 0 bridgehead atoms. The minimum Gasteiger partial charge on any atom is -0.481 e. The van der Waals surface area contributed by atoms with Gasteiger partial charge < -0.3 is 35.9 Å². The lowest BCUT2D eigenvalue weighted by atomic mass is 9.90. The van der Waals surface area contributed by atoms with Gasteiger partial charge >= 0.3 is 5.97 Å². The molecule has 13 heteroatoms. The lowest BCUT2D eigenvalue weighted by molar-refractivity contribution is -0.139. The van der Waals surface area contributed by atoms with Crippen LogP contribution in [0.25, 0.3) is 10.4 Å². The molecule has 2 aromatic rings. The van der Waals surface area contributed by atoms with Crippen LogP contribution in [0.5, 0.6) is 0 Å². The van der Waals surface area contributed by atoms with E-state index in [2.05, 4.69) is 22.4 Å². The van der Waals surface area contributed by atoms with Crippen molar-refractivity contribution in [3.8, 4) is 10.4 Å². The van der Waals surface area contributed by atoms with Gasteiger partial charge in [0.25, 0.3) is 0 Å². The fourth-order valence-corrected chi connectivity index (χ4v) is 6.19. The second kappa shape index (κ2) is 20.6. The van der Waals surface area contributed by atoms with E-state index in [1.807, 2.05) is 45.3 Å². The van der Waals surface area contributed by atoms with Crippen molar-refractivity contribution >= 4 is 29.6 Å². The third kappa shape index (κ3) is 12.3. The maximum Gasteiger partial charge on any atom is 0.303 e. The van der Waals surface area contributed by atoms with Gasteiger partial charge in [0, 0.05) is 44.6 Å². The Morgan fingerprint density at radius 3 is 2.37 bits per heavy atom. The Bertz CT molecular complexity index is 1230. The van der Waals surface area contributed by atoms with E-state index in [1.165, 1.54) is 15.4 Å². The van der Waals surface area contributed by atoms with Crippen molar-refractivity contribution in [3.05, 3.63) is 52.9 Å². The Kier molecular flexibility index (Phi) is 17.3. The van der Waals surface area contributed by atoms with Crippen molar-refractivity contribution in [1.82, 2.24) is 20.2 Å². The van der Waals surface area contributed by atoms with E-state index < -0.39 is 18.1 Å². The number of unbranched alkanes of at least 4 members (excludes halogenated alkanes) is 1. The molecule has 3 heterocycles. The second-order valence-corrected chi connectivity index (χ2v) is 12.1. The smallest absolute Gasteiger partial charge is 0.303 e. The summed E-state index contributed by atoms with van der Waals surface area (Å²) in [5, 5.41) is 22.6. The SMILES string of the molecule is CC.Cc1ncsc1-c1ccc(C(C)NC=O)cc1.N/C(=C\N(N)C(C(=O)N1CCC(O)C1)C1CCOCC1)CCCCC(=O)O. The number of ether oxygens (including phenoxy) is 1. The van der Waals surface area contributed by atoms with Crippen LogP contribution in [0.1, 0.15) is 83.0 Å². The Hall–Kier alpha value is -3.52. The standard InChI is InChI=1S/C18H32N4O5.C13H14N2OS.C2H6/c19-14(3-1-2-4-16(24)25)11-22(20)17(13-6-9-27-10-7-13)18(26)21-8-5-15(23)12-21;1-9(14-7-16)11-3-5-12(6-4-11)13-10(2)15-8-17-13;1-2/h11,13,15,17,23H,1-10,12,19-20H2,(H,24,25);3-9H,1-2H3,(H,14,16);1-2H3/b14-11-;;. The molecule has 2 saturated heterocycles. The van der Waals surface area contributed by atoms with Crippen molar-refractivity contribution in [2.75, 3.05) is 26.3 Å². The molecule has 2 aliphatic heterocycles. The molecule has 0 aliphatic carbocycles. The number of hydrogen-bond acceptors (Lipinski definition) is 10. The number of carboxylic acid groups (broad SMARTS) is 1. The summed E-state index contributed by atoms with van der Waals surface area (Å²) in [6.45, 7) is 10.0. The minimum atomic E-state index is -0.823. The highest BCUT2D eigenvalue weighted by Gasteiger charge is 2.38. The van der Waals surface area contributed by atoms with Crippen molar-refractivity contribution in [1.29, 1.82) is 0 Å². The summed E-state index contributed by atoms with van der Waals surface area (Å²) < 4.78 is 5.41. The molecule has 256 valence electrons. The third-order valence-corrected chi connectivity index (χ3v) is 8.90. The first kappa shape index (κ1) is 38.7. The number of amides is 2. The predicted octanol–water partition coefficient (Wildman–Crippen LogP) is 3.95. The Morgan fingerprint density at radius 1 is 1.17 bits per heavy atom. The number of allylic oxidation sites excluding steroid dienone is 1. The number of nitrogens with two attached hydrogens (primary N) is 2. The zero-order valence-corrected chi connectivity index (χ0v) is 28.4. The average Bonchev–Trinajstić information content (AvgIpc) is 3.69. The summed E-state index contributed by atoms with van der Waals surface area (Å²) in [6.07, 6.45) is 5.73. The fraction of sp³-hybridized carbons (Fsp3) is 0.576. The minimum absolute atomic E-state index is 0.0455. The quantitative estimate of drug-likeness (QED) is 0.0912. The number of rotatable bonds is 13. The van der Waals surface area contributed by atoms with Gasteiger partial charge in [-0.2, -0.15) is 0 Å². The molecule has 3 unspecified atom stereocenters. The first-order valence-corrected chi connectivity index (χ1v) is 16.9. The van der Waals surface area contributed by atoms with Crippen molar-refractivity contribution in [3.63, 3.8) is 0 Å². The Morgan fingerprint density at radius 2 is 1.83 bits per heavy atom. The summed E-state index contributed by atoms with van der Waals surface area (Å²) in [7, 11) is 0. The molecule has 0 saturated carbocycles. The van der Waals surface area contributed by atoms with E-state index in [-0.39, 0.29) is 24.3 Å². The number of aliphatic carboxylic acids is 1. The molecule has 0 radical (unpaired) electrons. The van der Waals surface area contributed by atoms with Crippen LogP contribution in [-0.2, 0) is 19.1 Å². The van der Waals surface area contributed by atoms with Crippen LogP contribution >= 0.6 is 11.3 Å². The first-order valence-electron chi connectivity index (χ1n) is 16.1. The van der Waals surface area contributed by atoms with Gasteiger partial charge in [0.2, 0.25) is 12.3 Å². The molecule has 0 spiro atoms. The normalized spacial score (nSPS) is 17.9. The molecule has 1 aromatic heterocycles. The largest absolute Gasteiger partial charge is 0.481 e. The number of hydrazine groups is 1. The van der Waals surface area contributed by atoms with Gasteiger partial charge in [0.15, 0.2) is 0 Å². The molecule has 1 aromatic carbocycles. The van der Waals surface area contributed by atoms with E-state index in [9.17, 15) is 19.5 Å². The van der Waals surface area contributed by atoms with Crippen LogP contribution in [0.4, 0.5) is 0 Å². The van der Waals surface area contributed by atoms with Gasteiger partial charge in [-0.15, -0.1) is 11.3 Å². The number of carbonyl (C=O) groups is 3. The van der Waals surface area contributed by atoms with Gasteiger partial charge in [-0.25, -0.2) is 10.8 Å². The molecule has 12 nitrogen and oxygen atoms in total. The highest BCUT2D eigenvalue weighted by atomic mass is 32.1. The number of likely N-dealkylation sites (tertiary alicyclic amines) is 1. The number of hydrogen-bond donors (Lipinski definition) is 5. The number of aliphatic hydroxyl groups excluding tert-OH is 1. The predicted molar refractivity (Wildman–Crippen MR) is 180 cm³/mol. The number of carbonyl (C=O) groups excluding carboxylic acids is 2. The van der Waals surface area contributed by atoms with Crippen LogP contribution < -0.4 is 16.9 Å². The number of nitrogens with one attached hydrogen (secondary N) is 1. The van der Waals surface area contributed by atoms with E-state index in [1.54, 1.807) is 22.4 Å². The van der Waals surface area contributed by atoms with Gasteiger partial charge in [-0.1, -0.05) is 38.1 Å². The van der Waals surface area contributed by atoms with Crippen LogP contribution in [0, 0.1) is 12.8 Å². The molecule has 7 N–H and O–H groups in total. The lowest BCUT2D eigenvalue weighted by Crippen LogP contribution is -2.54. The average molecular weight is 661 g/mol. The van der Waals surface area contributed by atoms with Crippen LogP contribution in [0.2, 0.25) is 0 Å². The second-order valence-electron chi connectivity index (χ2n) is 11.3. The highest BCUT2D eigenvalue weighted by Crippen LogP contribution is 2.28. The number of thiazole rings is 1. The number of carboxylic acids is 1. The summed E-state index contributed by atoms with van der Waals surface area (Å²) in [5.74, 6) is 5.39. The maximum atomic E-state index is 13.1. The zero-order valence-electron chi connectivity index (χ0n) is 27.6. The maximum absolute atomic E-state index is 13.1. The Balaban J connectivity index is 0.000000332. The number of benzene rings is 1. The number of aryl methyl sites for hydroxylation is 1. The highest BCUT2D eigenvalue weighted by molar-refractivity contribution is 7.13.